The number of ether oxygens (including phenoxy) is 3. The number of ketones is 2. The van der Waals surface area contributed by atoms with Crippen molar-refractivity contribution in [3.63, 3.8) is 0 Å². The molecule has 0 radical (unpaired) electrons. The zero-order valence-electron chi connectivity index (χ0n) is 19.0. The number of nitrogens with one attached hydrogen (secondary N) is 1. The second kappa shape index (κ2) is 8.03. The van der Waals surface area contributed by atoms with Gasteiger partial charge in [0.15, 0.2) is 11.4 Å². The summed E-state index contributed by atoms with van der Waals surface area (Å²) in [6, 6.07) is 5.34. The highest BCUT2D eigenvalue weighted by Crippen LogP contribution is 2.55. The third kappa shape index (κ3) is 3.37. The minimum atomic E-state index is -4.46. The Hall–Kier alpha value is -2.98. The van der Waals surface area contributed by atoms with E-state index in [2.05, 4.69) is 5.43 Å². The van der Waals surface area contributed by atoms with Gasteiger partial charge in [-0.15, -0.1) is 0 Å². The number of fused-ring (bicyclic) bond motifs is 3. The van der Waals surface area contributed by atoms with Crippen LogP contribution in [0.2, 0.25) is 5.02 Å². The lowest BCUT2D eigenvalue weighted by Gasteiger charge is -2.43. The van der Waals surface area contributed by atoms with Gasteiger partial charge < -0.3 is 19.2 Å². The minimum absolute atomic E-state index is 0.0574. The van der Waals surface area contributed by atoms with E-state index in [1.165, 1.54) is 32.4 Å². The summed E-state index contributed by atoms with van der Waals surface area (Å²) in [6.45, 7) is 1.93. The summed E-state index contributed by atoms with van der Waals surface area (Å²) in [7, 11) is 2.84. The molecule has 2 aliphatic heterocycles. The Balaban J connectivity index is 1.55. The third-order valence-electron chi connectivity index (χ3n) is 7.14. The van der Waals surface area contributed by atoms with Crippen LogP contribution in [0.4, 0.5) is 18.9 Å². The van der Waals surface area contributed by atoms with Crippen LogP contribution in [0.1, 0.15) is 29.3 Å². The highest BCUT2D eigenvalue weighted by atomic mass is 35.5. The van der Waals surface area contributed by atoms with Crippen LogP contribution >= 0.6 is 11.6 Å². The van der Waals surface area contributed by atoms with Crippen molar-refractivity contribution >= 4 is 28.9 Å². The first-order valence-corrected chi connectivity index (χ1v) is 11.3. The lowest BCUT2D eigenvalue weighted by Crippen LogP contribution is -2.66. The fraction of sp³-hybridized carbons (Fsp3) is 0.417. The van der Waals surface area contributed by atoms with Gasteiger partial charge in [0.05, 0.1) is 37.4 Å². The second-order valence-corrected chi connectivity index (χ2v) is 9.34. The van der Waals surface area contributed by atoms with Gasteiger partial charge in [0, 0.05) is 24.9 Å². The van der Waals surface area contributed by atoms with E-state index in [9.17, 15) is 22.8 Å². The number of hydrogen-bond acceptors (Lipinski definition) is 7. The van der Waals surface area contributed by atoms with Gasteiger partial charge >= 0.3 is 6.18 Å². The van der Waals surface area contributed by atoms with Gasteiger partial charge in [-0.25, -0.2) is 5.43 Å². The molecule has 3 aliphatic rings. The number of Topliss-reactive ketones (excluding diaryl/α,β-unsaturated/α-hetero) is 2. The molecule has 4 atom stereocenters. The average molecular weight is 511 g/mol. The number of alkyl halides is 3. The van der Waals surface area contributed by atoms with E-state index in [1.54, 1.807) is 11.9 Å². The number of carbonyl (C=O) groups is 2. The van der Waals surface area contributed by atoms with Gasteiger partial charge in [0.1, 0.15) is 27.9 Å². The number of rotatable bonds is 3. The first kappa shape index (κ1) is 23.7. The lowest BCUT2D eigenvalue weighted by atomic mass is 9.65. The monoisotopic (exact) mass is 510 g/mol. The molecule has 2 heterocycles. The third-order valence-corrected chi connectivity index (χ3v) is 7.50. The number of hydrazine groups is 1. The van der Waals surface area contributed by atoms with Gasteiger partial charge in [-0.3, -0.25) is 9.59 Å². The molecule has 1 aliphatic carbocycles. The highest BCUT2D eigenvalue weighted by Gasteiger charge is 2.66. The Morgan fingerprint density at radius 1 is 1.14 bits per heavy atom. The van der Waals surface area contributed by atoms with E-state index in [0.29, 0.717) is 5.69 Å². The van der Waals surface area contributed by atoms with Gasteiger partial charge in [-0.1, -0.05) is 18.5 Å². The number of methoxy groups -OCH3 is 2. The van der Waals surface area contributed by atoms with Crippen LogP contribution in [0.5, 0.6) is 17.2 Å². The molecule has 11 heteroatoms. The number of halogens is 4. The molecule has 2 aromatic carbocycles. The van der Waals surface area contributed by atoms with Gasteiger partial charge in [0.25, 0.3) is 0 Å². The molecule has 1 spiro atoms. The first-order chi connectivity index (χ1) is 16.5. The predicted octanol–water partition coefficient (Wildman–Crippen LogP) is 4.31. The van der Waals surface area contributed by atoms with Crippen molar-refractivity contribution in [1.29, 1.82) is 0 Å². The van der Waals surface area contributed by atoms with E-state index >= 15 is 0 Å². The zero-order chi connectivity index (χ0) is 25.3. The molecule has 186 valence electrons. The predicted molar refractivity (Wildman–Crippen MR) is 120 cm³/mol. The maximum Gasteiger partial charge on any atom is 0.416 e. The van der Waals surface area contributed by atoms with Crippen LogP contribution in [-0.2, 0) is 11.0 Å². The quantitative estimate of drug-likeness (QED) is 0.659. The van der Waals surface area contributed by atoms with Crippen molar-refractivity contribution in [2.45, 2.75) is 31.2 Å². The van der Waals surface area contributed by atoms with Crippen molar-refractivity contribution in [2.24, 2.45) is 11.8 Å². The molecular formula is C24H22ClF3N2O5. The minimum Gasteiger partial charge on any atom is -0.496 e. The largest absolute Gasteiger partial charge is 0.496 e. The number of benzene rings is 2. The van der Waals surface area contributed by atoms with Crippen molar-refractivity contribution in [2.75, 3.05) is 25.8 Å². The standard InChI is InChI=1S/C24H22ClF3N2O5/c1-11-8-15(31)14-10-30(13-6-4-12(5-7-13)24(26,27)28)29-21(14)23(11)22(32)18-16(33-2)9-17(34-3)19(25)20(18)35-23/h4-7,9,11,14,21,29H,8,10H2,1-3H3. The molecule has 2 aromatic rings. The van der Waals surface area contributed by atoms with E-state index < -0.39 is 35.2 Å². The summed E-state index contributed by atoms with van der Waals surface area (Å²) in [5.41, 5.74) is 1.54. The van der Waals surface area contributed by atoms with Crippen molar-refractivity contribution in [3.8, 4) is 17.2 Å². The molecule has 0 amide bonds. The topological polar surface area (TPSA) is 77.1 Å². The van der Waals surface area contributed by atoms with Crippen LogP contribution in [0.15, 0.2) is 30.3 Å². The SMILES string of the molecule is COc1cc(OC)c2c(c1Cl)OC1(C2=O)C(C)CC(=O)C2CN(c3ccc(C(F)(F)F)cc3)NC21. The molecule has 1 saturated carbocycles. The van der Waals surface area contributed by atoms with Crippen LogP contribution < -0.4 is 24.6 Å². The van der Waals surface area contributed by atoms with Crippen molar-refractivity contribution < 1.29 is 37.0 Å². The lowest BCUT2D eigenvalue weighted by molar-refractivity contribution is -0.137. The van der Waals surface area contributed by atoms with Gasteiger partial charge in [-0.05, 0) is 24.3 Å². The Morgan fingerprint density at radius 2 is 1.80 bits per heavy atom. The van der Waals surface area contributed by atoms with Crippen LogP contribution in [-0.4, -0.2) is 44.0 Å². The fourth-order valence-corrected chi connectivity index (χ4v) is 5.63. The molecule has 2 fully saturated rings. The first-order valence-electron chi connectivity index (χ1n) is 10.9. The highest BCUT2D eigenvalue weighted by molar-refractivity contribution is 6.35. The molecule has 0 aromatic heterocycles. The normalized spacial score (nSPS) is 27.6. The Morgan fingerprint density at radius 3 is 2.40 bits per heavy atom. The summed E-state index contributed by atoms with van der Waals surface area (Å²) in [5.74, 6) is -0.928. The fourth-order valence-electron chi connectivity index (χ4n) is 5.36. The van der Waals surface area contributed by atoms with Crippen molar-refractivity contribution in [1.82, 2.24) is 5.43 Å². The average Bonchev–Trinajstić information content (AvgIpc) is 3.40. The van der Waals surface area contributed by atoms with E-state index in [-0.39, 0.29) is 52.4 Å². The molecule has 5 rings (SSSR count). The number of carbonyl (C=O) groups excluding carboxylic acids is 2. The molecule has 4 unspecified atom stereocenters. The van der Waals surface area contributed by atoms with Crippen molar-refractivity contribution in [3.05, 3.63) is 46.5 Å². The Labute approximate surface area is 204 Å². The molecule has 1 saturated heterocycles. The van der Waals surface area contributed by atoms with Gasteiger partial charge in [0.2, 0.25) is 5.78 Å². The Kier molecular flexibility index (Phi) is 5.45. The second-order valence-electron chi connectivity index (χ2n) is 8.96. The molecular weight excluding hydrogens is 489 g/mol. The number of anilines is 1. The molecule has 1 N–H and O–H groups in total. The van der Waals surface area contributed by atoms with E-state index in [1.807, 2.05) is 0 Å². The Bertz CT molecular complexity index is 1220. The van der Waals surface area contributed by atoms with E-state index in [4.69, 9.17) is 25.8 Å². The molecule has 35 heavy (non-hydrogen) atoms. The molecule has 0 bridgehead atoms. The maximum atomic E-state index is 14.0. The zero-order valence-corrected chi connectivity index (χ0v) is 19.8. The summed E-state index contributed by atoms with van der Waals surface area (Å²) in [4.78, 5) is 27.0. The van der Waals surface area contributed by atoms with Crippen LogP contribution in [0.25, 0.3) is 0 Å². The van der Waals surface area contributed by atoms with Crippen LogP contribution in [0, 0.1) is 11.8 Å². The smallest absolute Gasteiger partial charge is 0.416 e. The maximum absolute atomic E-state index is 14.0. The number of hydrogen-bond donors (Lipinski definition) is 1. The summed E-state index contributed by atoms with van der Waals surface area (Å²) in [6.07, 6.45) is -4.36. The summed E-state index contributed by atoms with van der Waals surface area (Å²) < 4.78 is 56.1. The molecule has 7 nitrogen and oxygen atoms in total. The van der Waals surface area contributed by atoms with E-state index in [0.717, 1.165) is 12.1 Å². The summed E-state index contributed by atoms with van der Waals surface area (Å²) >= 11 is 6.50. The summed E-state index contributed by atoms with van der Waals surface area (Å²) in [5, 5.41) is 1.71. The number of nitrogens with zero attached hydrogens (tertiary/aromatic N) is 1. The van der Waals surface area contributed by atoms with Gasteiger partial charge in [-0.2, -0.15) is 13.2 Å². The van der Waals surface area contributed by atoms with Crippen LogP contribution in [0.3, 0.4) is 0 Å².